The van der Waals surface area contributed by atoms with Crippen LogP contribution in [0.1, 0.15) is 26.3 Å². The van der Waals surface area contributed by atoms with Gasteiger partial charge in [-0.15, -0.1) is 0 Å². The van der Waals surface area contributed by atoms with Gasteiger partial charge in [0.05, 0.1) is 11.5 Å². The van der Waals surface area contributed by atoms with Crippen LogP contribution in [0.15, 0.2) is 40.3 Å². The molecule has 18 heavy (non-hydrogen) atoms. The van der Waals surface area contributed by atoms with E-state index in [0.29, 0.717) is 0 Å². The second kappa shape index (κ2) is 4.95. The normalized spacial score (nSPS) is 13.2. The molecule has 96 valence electrons. The monoisotopic (exact) mass is 263 g/mol. The van der Waals surface area contributed by atoms with Gasteiger partial charge in [0, 0.05) is 0 Å². The summed E-state index contributed by atoms with van der Waals surface area (Å²) in [6.45, 7) is 14.5. The molecule has 0 atom stereocenters. The molecular weight excluding hydrogens is 246 g/mol. The smallest absolute Gasteiger partial charge is 0.230 e. The zero-order chi connectivity index (χ0) is 14.0. The van der Waals surface area contributed by atoms with Gasteiger partial charge in [0.25, 0.3) is 5.03 Å². The molecule has 0 saturated heterocycles. The van der Waals surface area contributed by atoms with Crippen molar-refractivity contribution in [2.75, 3.05) is 0 Å². The van der Waals surface area contributed by atoms with Gasteiger partial charge >= 0.3 is 0 Å². The highest BCUT2D eigenvalue weighted by atomic mass is 32.2. The molecule has 4 heteroatoms. The van der Waals surface area contributed by atoms with Crippen LogP contribution in [-0.2, 0) is 9.84 Å². The fourth-order valence-electron chi connectivity index (χ4n) is 1.38. The SMILES string of the molecule is [C-]#[N+]/C(=C/C(C)(C)C)S(=O)(=O)c1ccc(C)cc1. The van der Waals surface area contributed by atoms with Crippen molar-refractivity contribution in [1.29, 1.82) is 0 Å². The Labute approximate surface area is 109 Å². The average molecular weight is 263 g/mol. The van der Waals surface area contributed by atoms with E-state index in [1.807, 2.05) is 27.7 Å². The number of aryl methyl sites for hydroxylation is 1. The summed E-state index contributed by atoms with van der Waals surface area (Å²) in [4.78, 5) is 3.33. The maximum absolute atomic E-state index is 12.3. The summed E-state index contributed by atoms with van der Waals surface area (Å²) >= 11 is 0. The zero-order valence-electron chi connectivity index (χ0n) is 11.1. The second-order valence-electron chi connectivity index (χ2n) is 5.28. The number of nitrogens with zero attached hydrogens (tertiary/aromatic N) is 1. The third kappa shape index (κ3) is 3.44. The van der Waals surface area contributed by atoms with E-state index in [4.69, 9.17) is 6.57 Å². The van der Waals surface area contributed by atoms with Crippen molar-refractivity contribution >= 4 is 9.84 Å². The molecule has 1 aromatic carbocycles. The van der Waals surface area contributed by atoms with Crippen LogP contribution in [0.5, 0.6) is 0 Å². The van der Waals surface area contributed by atoms with Crippen LogP contribution in [0.25, 0.3) is 4.85 Å². The second-order valence-corrected chi connectivity index (χ2v) is 7.17. The fourth-order valence-corrected chi connectivity index (χ4v) is 2.74. The predicted octanol–water partition coefficient (Wildman–Crippen LogP) is 3.58. The van der Waals surface area contributed by atoms with Crippen molar-refractivity contribution in [3.63, 3.8) is 0 Å². The Bertz CT molecular complexity index is 597. The van der Waals surface area contributed by atoms with Crippen LogP contribution >= 0.6 is 0 Å². The zero-order valence-corrected chi connectivity index (χ0v) is 11.9. The molecule has 1 rings (SSSR count). The molecule has 1 aromatic rings. The number of rotatable bonds is 2. The Hall–Kier alpha value is -1.60. The predicted molar refractivity (Wildman–Crippen MR) is 72.5 cm³/mol. The van der Waals surface area contributed by atoms with Crippen molar-refractivity contribution in [2.45, 2.75) is 32.6 Å². The van der Waals surface area contributed by atoms with Crippen LogP contribution in [0.2, 0.25) is 0 Å². The van der Waals surface area contributed by atoms with Crippen molar-refractivity contribution in [3.8, 4) is 0 Å². The molecule has 0 N–H and O–H groups in total. The van der Waals surface area contributed by atoms with E-state index in [9.17, 15) is 8.42 Å². The van der Waals surface area contributed by atoms with Crippen LogP contribution < -0.4 is 0 Å². The van der Waals surface area contributed by atoms with Crippen LogP contribution in [0, 0.1) is 18.9 Å². The largest absolute Gasteiger partial charge is 0.279 e. The number of benzene rings is 1. The molecule has 0 unspecified atom stereocenters. The summed E-state index contributed by atoms with van der Waals surface area (Å²) in [5.41, 5.74) is 0.635. The summed E-state index contributed by atoms with van der Waals surface area (Å²) in [5, 5.41) is -0.209. The van der Waals surface area contributed by atoms with E-state index in [1.165, 1.54) is 18.2 Å². The van der Waals surface area contributed by atoms with Crippen LogP contribution in [0.3, 0.4) is 0 Å². The third-order valence-corrected chi connectivity index (χ3v) is 3.93. The molecule has 0 spiro atoms. The Morgan fingerprint density at radius 3 is 2.11 bits per heavy atom. The minimum Gasteiger partial charge on any atom is -0.230 e. The lowest BCUT2D eigenvalue weighted by Gasteiger charge is -2.13. The van der Waals surface area contributed by atoms with Crippen molar-refractivity contribution in [3.05, 3.63) is 52.4 Å². The Balaban J connectivity index is 3.34. The summed E-state index contributed by atoms with van der Waals surface area (Å²) in [6, 6.07) is 6.52. The third-order valence-electron chi connectivity index (χ3n) is 2.27. The van der Waals surface area contributed by atoms with Gasteiger partial charge in [0.1, 0.15) is 0 Å². The molecule has 0 saturated carbocycles. The number of allylic oxidation sites excluding steroid dienone is 1. The van der Waals surface area contributed by atoms with E-state index in [-0.39, 0.29) is 15.3 Å². The van der Waals surface area contributed by atoms with Gasteiger partial charge in [0.15, 0.2) is 0 Å². The number of hydrogen-bond acceptors (Lipinski definition) is 2. The number of sulfone groups is 1. The Morgan fingerprint density at radius 2 is 1.72 bits per heavy atom. The Morgan fingerprint density at radius 1 is 1.22 bits per heavy atom. The summed E-state index contributed by atoms with van der Waals surface area (Å²) < 4.78 is 24.5. The molecule has 0 aliphatic carbocycles. The first-order valence-corrected chi connectivity index (χ1v) is 7.07. The topological polar surface area (TPSA) is 38.5 Å². The van der Waals surface area contributed by atoms with Gasteiger partial charge in [-0.1, -0.05) is 44.5 Å². The average Bonchev–Trinajstić information content (AvgIpc) is 2.25. The van der Waals surface area contributed by atoms with Gasteiger partial charge in [-0.3, -0.25) is 0 Å². The molecule has 0 bridgehead atoms. The van der Waals surface area contributed by atoms with E-state index >= 15 is 0 Å². The quantitative estimate of drug-likeness (QED) is 0.765. The highest BCUT2D eigenvalue weighted by molar-refractivity contribution is 7.95. The molecule has 0 heterocycles. The standard InChI is InChI=1S/C14H17NO2S/c1-11-6-8-12(9-7-11)18(16,17)13(15-5)10-14(2,3)4/h6-10H,1-4H3/b13-10-. The van der Waals surface area contributed by atoms with E-state index in [2.05, 4.69) is 4.85 Å². The first-order valence-electron chi connectivity index (χ1n) is 5.59. The molecule has 0 aliphatic heterocycles. The molecular formula is C14H17NO2S. The summed E-state index contributed by atoms with van der Waals surface area (Å²) in [7, 11) is -3.69. The van der Waals surface area contributed by atoms with Crippen molar-refractivity contribution < 1.29 is 8.42 Å². The Kier molecular flexibility index (Phi) is 3.98. The molecule has 3 nitrogen and oxygen atoms in total. The van der Waals surface area contributed by atoms with E-state index < -0.39 is 9.84 Å². The fraction of sp³-hybridized carbons (Fsp3) is 0.357. The maximum atomic E-state index is 12.3. The van der Waals surface area contributed by atoms with Gasteiger partial charge in [-0.05, 0) is 24.5 Å². The molecule has 0 aromatic heterocycles. The summed E-state index contributed by atoms with van der Waals surface area (Å²) in [6.07, 6.45) is 1.50. The van der Waals surface area contributed by atoms with Gasteiger partial charge in [0.2, 0.25) is 9.84 Å². The highest BCUT2D eigenvalue weighted by Gasteiger charge is 2.23. The lowest BCUT2D eigenvalue weighted by molar-refractivity contribution is 0.541. The van der Waals surface area contributed by atoms with Crippen LogP contribution in [-0.4, -0.2) is 8.42 Å². The molecule has 0 radical (unpaired) electrons. The van der Waals surface area contributed by atoms with Crippen molar-refractivity contribution in [1.82, 2.24) is 0 Å². The van der Waals surface area contributed by atoms with Crippen molar-refractivity contribution in [2.24, 2.45) is 5.41 Å². The lowest BCUT2D eigenvalue weighted by atomic mass is 9.97. The van der Waals surface area contributed by atoms with Gasteiger partial charge in [-0.25, -0.2) is 13.3 Å². The summed E-state index contributed by atoms with van der Waals surface area (Å²) in [5.74, 6) is 0. The van der Waals surface area contributed by atoms with E-state index in [1.54, 1.807) is 12.1 Å². The molecule has 0 fully saturated rings. The first kappa shape index (κ1) is 14.5. The van der Waals surface area contributed by atoms with E-state index in [0.717, 1.165) is 5.56 Å². The van der Waals surface area contributed by atoms with Gasteiger partial charge in [-0.2, -0.15) is 0 Å². The van der Waals surface area contributed by atoms with Gasteiger partial charge < -0.3 is 0 Å². The minimum atomic E-state index is -3.69. The van der Waals surface area contributed by atoms with Crippen LogP contribution in [0.4, 0.5) is 0 Å². The molecule has 0 aliphatic rings. The maximum Gasteiger partial charge on any atom is 0.279 e. The lowest BCUT2D eigenvalue weighted by Crippen LogP contribution is -2.07. The highest BCUT2D eigenvalue weighted by Crippen LogP contribution is 2.26. The molecule has 0 amide bonds. The first-order chi connectivity index (χ1) is 8.16. The minimum absolute atomic E-state index is 0.166. The number of hydrogen-bond donors (Lipinski definition) is 0.